The van der Waals surface area contributed by atoms with Crippen LogP contribution in [0.15, 0.2) is 0 Å². The van der Waals surface area contributed by atoms with Gasteiger partial charge in [0.05, 0.1) is 0 Å². The summed E-state index contributed by atoms with van der Waals surface area (Å²) in [5.74, 6) is 0. The minimum Gasteiger partial charge on any atom is -0.725 e. The van der Waals surface area contributed by atoms with Crippen molar-refractivity contribution in [1.29, 1.82) is 0 Å². The molecule has 0 amide bonds. The third kappa shape index (κ3) is 58.7. The van der Waals surface area contributed by atoms with Crippen LogP contribution < -0.4 is 51.4 Å². The molecule has 0 saturated heterocycles. The van der Waals surface area contributed by atoms with Gasteiger partial charge in [-0.1, -0.05) is 0 Å². The van der Waals surface area contributed by atoms with E-state index in [2.05, 4.69) is 10.9 Å². The summed E-state index contributed by atoms with van der Waals surface area (Å²) in [7, 11) is -32.6. The van der Waals surface area contributed by atoms with E-state index in [0.29, 0.717) is 0 Å². The van der Waals surface area contributed by atoms with Crippen LogP contribution in [0.25, 0.3) is 0 Å². The maximum atomic E-state index is 9.29. The Balaban J connectivity index is -0.0000000960. The van der Waals surface area contributed by atoms with Crippen molar-refractivity contribution in [3.8, 4) is 0 Å². The van der Waals surface area contributed by atoms with Crippen molar-refractivity contribution >= 4 is 62.4 Å². The van der Waals surface area contributed by atoms with Crippen molar-refractivity contribution in [3.05, 3.63) is 0 Å². The van der Waals surface area contributed by atoms with Crippen molar-refractivity contribution in [2.45, 2.75) is 0 Å². The Hall–Kier alpha value is 1.56. The Morgan fingerprint density at radius 2 is 0.414 bits per heavy atom. The van der Waals surface area contributed by atoms with Gasteiger partial charge in [-0.05, 0) is 0 Å². The number of hydrogen-bond donors (Lipinski definition) is 0. The average Bonchev–Trinajstić information content (AvgIpc) is 1.96. The third-order valence-corrected chi connectivity index (χ3v) is 4.50. The van der Waals surface area contributed by atoms with Gasteiger partial charge in [0.1, 0.15) is 0 Å². The fraction of sp³-hybridized carbons (Fsp3) is 0. The molecule has 21 nitrogen and oxygen atoms in total. The van der Waals surface area contributed by atoms with E-state index in [1.807, 2.05) is 0 Å². The molecular weight excluding hydrogens is 618 g/mol. The molecule has 0 spiro atoms. The van der Waals surface area contributed by atoms with E-state index < -0.39 is 62.4 Å². The van der Waals surface area contributed by atoms with Crippen LogP contribution in [0, 0.1) is 0 Å². The maximum absolute atomic E-state index is 9.29. The minimum atomic E-state index is -5.43. The molecule has 0 rings (SSSR count). The van der Waals surface area contributed by atoms with Gasteiger partial charge in [0, 0.05) is 18.6 Å². The summed E-state index contributed by atoms with van der Waals surface area (Å²) in [5.41, 5.74) is 0. The van der Waals surface area contributed by atoms with Crippen LogP contribution in [0.5, 0.6) is 0 Å². The van der Waals surface area contributed by atoms with Crippen molar-refractivity contribution in [1.82, 2.24) is 0 Å². The van der Waals surface area contributed by atoms with Crippen molar-refractivity contribution in [2.24, 2.45) is 0 Å². The molecule has 0 aromatic rings. The molecule has 0 aromatic heterocycles. The molecule has 0 bridgehead atoms. The van der Waals surface area contributed by atoms with Gasteiger partial charge in [-0.15, -0.1) is 0 Å². The molecule has 0 heterocycles. The van der Waals surface area contributed by atoms with E-state index in [9.17, 15) is 77.8 Å². The Labute approximate surface area is 218 Å². The fourth-order valence-electron chi connectivity index (χ4n) is 0.306. The Morgan fingerprint density at radius 1 is 0.345 bits per heavy atom. The minimum absolute atomic E-state index is 0. The van der Waals surface area contributed by atoms with E-state index >= 15 is 0 Å². The average molecular weight is 618 g/mol. The zero-order chi connectivity index (χ0) is 23.1. The third-order valence-electron chi connectivity index (χ3n) is 0.500. The Morgan fingerprint density at radius 3 is 0.414 bits per heavy atom. The van der Waals surface area contributed by atoms with Gasteiger partial charge in [0.2, 0.25) is 62.4 Å². The van der Waals surface area contributed by atoms with Gasteiger partial charge >= 0.3 is 51.4 Å². The zero-order valence-corrected chi connectivity index (χ0v) is 21.9. The smallest absolute Gasteiger partial charge is 0.725 e. The first-order valence-corrected chi connectivity index (χ1v) is 12.0. The quantitative estimate of drug-likeness (QED) is 0.151. The SMILES string of the molecule is O=S(=O)([O-])OS(=O)(=O)[O-].O=S(=O)([O-])OS(=O)(=O)[O-].O=S(=O)([O-])OS(=O)(=O)[O-].[K+].[V]. The topological polar surface area (TPSA) is 371 Å². The largest absolute Gasteiger partial charge is 1.00 e. The number of rotatable bonds is 6. The summed E-state index contributed by atoms with van der Waals surface area (Å²) in [6.45, 7) is 0. The molecule has 0 fully saturated rings. The second kappa shape index (κ2) is 14.7. The molecule has 0 aliphatic carbocycles. The summed E-state index contributed by atoms with van der Waals surface area (Å²) < 4.78 is 175. The second-order valence-corrected chi connectivity index (χ2v) is 9.19. The van der Waals surface area contributed by atoms with Gasteiger partial charge in [0.25, 0.3) is 0 Å². The van der Waals surface area contributed by atoms with Gasteiger partial charge < -0.3 is 27.3 Å². The zero-order valence-electron chi connectivity index (χ0n) is 12.5. The molecule has 0 saturated carbocycles. The van der Waals surface area contributed by atoms with Crippen LogP contribution in [-0.2, 0) is 91.8 Å². The van der Waals surface area contributed by atoms with Crippen LogP contribution in [0.1, 0.15) is 0 Å². The van der Waals surface area contributed by atoms with E-state index in [1.54, 1.807) is 0 Å². The monoisotopic (exact) mass is 618 g/mol. The first-order chi connectivity index (χ1) is 11.1. The van der Waals surface area contributed by atoms with E-state index in [-0.39, 0.29) is 69.9 Å². The summed E-state index contributed by atoms with van der Waals surface area (Å²) in [6, 6.07) is 0. The molecule has 29 heavy (non-hydrogen) atoms. The first kappa shape index (κ1) is 40.9. The van der Waals surface area contributed by atoms with Gasteiger partial charge in [-0.3, -0.25) is 0 Å². The molecule has 0 atom stereocenters. The molecular formula is KO21S6V-5. The molecule has 0 N–H and O–H groups in total. The van der Waals surface area contributed by atoms with Crippen molar-refractivity contribution in [3.63, 3.8) is 0 Å². The van der Waals surface area contributed by atoms with E-state index in [4.69, 9.17) is 0 Å². The van der Waals surface area contributed by atoms with Crippen molar-refractivity contribution in [2.75, 3.05) is 0 Å². The van der Waals surface area contributed by atoms with Crippen LogP contribution in [0.4, 0.5) is 0 Å². The van der Waals surface area contributed by atoms with Gasteiger partial charge in [0.15, 0.2) is 0 Å². The first-order valence-electron chi connectivity index (χ1n) is 4.00. The van der Waals surface area contributed by atoms with Crippen LogP contribution in [0.3, 0.4) is 0 Å². The molecule has 0 aliphatic rings. The molecule has 1 radical (unpaired) electrons. The van der Waals surface area contributed by atoms with Crippen LogP contribution >= 0.6 is 0 Å². The van der Waals surface area contributed by atoms with Gasteiger partial charge in [-0.2, -0.15) is 10.9 Å². The standard InChI is InChI=1S/K.3H2O7S2.V/c;3*1-8(2,3)7-9(4,5)6;/h;3*(H,1,2,3)(H,4,5,6);/q+1;;;;/p-6. The predicted octanol–water partition coefficient (Wildman–Crippen LogP) is -9.23. The summed E-state index contributed by atoms with van der Waals surface area (Å²) in [5, 5.41) is 0. The normalized spacial score (nSPS) is 12.6. The molecule has 29 heteroatoms. The van der Waals surface area contributed by atoms with Gasteiger partial charge in [-0.25, -0.2) is 50.5 Å². The van der Waals surface area contributed by atoms with E-state index in [1.165, 1.54) is 0 Å². The second-order valence-electron chi connectivity index (χ2n) is 2.65. The molecule has 0 aromatic carbocycles. The summed E-state index contributed by atoms with van der Waals surface area (Å²) in [4.78, 5) is 0. The fourth-order valence-corrected chi connectivity index (χ4v) is 2.76. The maximum Gasteiger partial charge on any atom is 1.00 e. The summed E-state index contributed by atoms with van der Waals surface area (Å²) in [6.07, 6.45) is 0. The Bertz CT molecular complexity index is 856. The Kier molecular flexibility index (Phi) is 20.7. The molecule has 0 unspecified atom stereocenters. The predicted molar refractivity (Wildman–Crippen MR) is 61.4 cm³/mol. The number of hydrogen-bond acceptors (Lipinski definition) is 21. The van der Waals surface area contributed by atoms with Crippen LogP contribution in [0.2, 0.25) is 0 Å². The van der Waals surface area contributed by atoms with Crippen LogP contribution in [-0.4, -0.2) is 77.8 Å². The molecule has 0 aliphatic heterocycles. The molecule has 173 valence electrons. The van der Waals surface area contributed by atoms with E-state index in [0.717, 1.165) is 0 Å². The summed E-state index contributed by atoms with van der Waals surface area (Å²) >= 11 is 0. The van der Waals surface area contributed by atoms with Crippen molar-refractivity contribution < 1.29 is 159 Å².